The van der Waals surface area contributed by atoms with E-state index in [9.17, 15) is 4.79 Å². The lowest BCUT2D eigenvalue weighted by atomic mass is 10.0. The van der Waals surface area contributed by atoms with Crippen molar-refractivity contribution in [2.24, 2.45) is 0 Å². The summed E-state index contributed by atoms with van der Waals surface area (Å²) in [4.78, 5) is 22.3. The predicted molar refractivity (Wildman–Crippen MR) is 150 cm³/mol. The molecule has 0 spiro atoms. The first-order valence-corrected chi connectivity index (χ1v) is 13.1. The summed E-state index contributed by atoms with van der Waals surface area (Å²) in [5.74, 6) is 0.862. The molecule has 0 unspecified atom stereocenters. The second-order valence-electron chi connectivity index (χ2n) is 8.67. The van der Waals surface area contributed by atoms with Crippen molar-refractivity contribution in [3.63, 3.8) is 0 Å². The number of carbonyl (C=O) groups is 1. The van der Waals surface area contributed by atoms with Gasteiger partial charge in [0.15, 0.2) is 10.9 Å². The Bertz CT molecular complexity index is 1690. The molecule has 6 aromatic rings. The van der Waals surface area contributed by atoms with Gasteiger partial charge in [-0.05, 0) is 55.0 Å². The Morgan fingerprint density at radius 3 is 2.46 bits per heavy atom. The SMILES string of the molecule is CCOc1ccc(-n2c(S[C@@H](C(=O)c3c[nH]c4ccccc34)c3ccccc3)nc3ccccc32)cc1. The van der Waals surface area contributed by atoms with Gasteiger partial charge in [0.2, 0.25) is 0 Å². The van der Waals surface area contributed by atoms with Crippen LogP contribution in [0, 0.1) is 0 Å². The molecule has 2 aromatic heterocycles. The van der Waals surface area contributed by atoms with E-state index in [0.29, 0.717) is 12.2 Å². The Kier molecular flexibility index (Phi) is 6.25. The average Bonchev–Trinajstić information content (AvgIpc) is 3.54. The number of hydrogen-bond donors (Lipinski definition) is 1. The lowest BCUT2D eigenvalue weighted by molar-refractivity contribution is 0.0991. The van der Waals surface area contributed by atoms with Crippen molar-refractivity contribution < 1.29 is 9.53 Å². The maximum absolute atomic E-state index is 14.1. The molecule has 2 heterocycles. The van der Waals surface area contributed by atoms with E-state index < -0.39 is 5.25 Å². The van der Waals surface area contributed by atoms with Crippen LogP contribution < -0.4 is 4.74 Å². The normalized spacial score (nSPS) is 12.1. The van der Waals surface area contributed by atoms with Gasteiger partial charge in [0.05, 0.1) is 17.6 Å². The number of Topliss-reactive ketones (excluding diaryl/α,β-unsaturated/α-hetero) is 1. The molecule has 0 fully saturated rings. The van der Waals surface area contributed by atoms with Gasteiger partial charge in [-0.1, -0.05) is 72.4 Å². The van der Waals surface area contributed by atoms with Crippen molar-refractivity contribution in [2.45, 2.75) is 17.3 Å². The molecule has 6 heteroatoms. The van der Waals surface area contributed by atoms with Gasteiger partial charge < -0.3 is 9.72 Å². The molecular weight excluding hydrogens is 478 g/mol. The van der Waals surface area contributed by atoms with E-state index in [-0.39, 0.29) is 5.78 Å². The van der Waals surface area contributed by atoms with Crippen molar-refractivity contribution in [1.82, 2.24) is 14.5 Å². The van der Waals surface area contributed by atoms with Gasteiger partial charge in [0.25, 0.3) is 0 Å². The molecule has 0 aliphatic carbocycles. The zero-order chi connectivity index (χ0) is 25.2. The molecule has 182 valence electrons. The van der Waals surface area contributed by atoms with Crippen LogP contribution in [-0.2, 0) is 0 Å². The molecule has 0 aliphatic rings. The Hall–Kier alpha value is -4.29. The molecule has 0 radical (unpaired) electrons. The molecule has 0 saturated heterocycles. The number of para-hydroxylation sites is 3. The van der Waals surface area contributed by atoms with Crippen molar-refractivity contribution >= 4 is 39.5 Å². The van der Waals surface area contributed by atoms with Crippen LogP contribution in [0.25, 0.3) is 27.6 Å². The number of imidazole rings is 1. The highest BCUT2D eigenvalue weighted by molar-refractivity contribution is 8.00. The number of benzene rings is 4. The van der Waals surface area contributed by atoms with E-state index in [4.69, 9.17) is 9.72 Å². The third-order valence-corrected chi connectivity index (χ3v) is 7.56. The van der Waals surface area contributed by atoms with Gasteiger partial charge in [-0.3, -0.25) is 9.36 Å². The number of nitrogens with zero attached hydrogens (tertiary/aromatic N) is 2. The smallest absolute Gasteiger partial charge is 0.182 e. The van der Waals surface area contributed by atoms with E-state index >= 15 is 0 Å². The van der Waals surface area contributed by atoms with Gasteiger partial charge in [0.1, 0.15) is 11.0 Å². The van der Waals surface area contributed by atoms with Crippen LogP contribution in [-0.4, -0.2) is 26.9 Å². The molecule has 0 bridgehead atoms. The first kappa shape index (κ1) is 23.1. The Balaban J connectivity index is 1.47. The molecule has 6 rings (SSSR count). The first-order valence-electron chi connectivity index (χ1n) is 12.3. The van der Waals surface area contributed by atoms with E-state index in [2.05, 4.69) is 15.6 Å². The highest BCUT2D eigenvalue weighted by Crippen LogP contribution is 2.41. The van der Waals surface area contributed by atoms with E-state index in [1.807, 2.05) is 110 Å². The Labute approximate surface area is 219 Å². The van der Waals surface area contributed by atoms with Crippen LogP contribution in [0.1, 0.15) is 28.1 Å². The van der Waals surface area contributed by atoms with Gasteiger partial charge in [-0.25, -0.2) is 4.98 Å². The zero-order valence-corrected chi connectivity index (χ0v) is 21.1. The number of thioether (sulfide) groups is 1. The third kappa shape index (κ3) is 4.41. The monoisotopic (exact) mass is 503 g/mol. The summed E-state index contributed by atoms with van der Waals surface area (Å²) in [6.45, 7) is 2.59. The fourth-order valence-corrected chi connectivity index (χ4v) is 5.81. The van der Waals surface area contributed by atoms with Crippen molar-refractivity contribution in [3.05, 3.63) is 120 Å². The van der Waals surface area contributed by atoms with Crippen molar-refractivity contribution in [3.8, 4) is 11.4 Å². The van der Waals surface area contributed by atoms with Crippen LogP contribution in [0.5, 0.6) is 5.75 Å². The summed E-state index contributed by atoms with van der Waals surface area (Å²) in [5, 5.41) is 1.21. The molecular formula is C31H25N3O2S. The van der Waals surface area contributed by atoms with E-state index in [0.717, 1.165) is 44.1 Å². The minimum absolute atomic E-state index is 0.0407. The summed E-state index contributed by atoms with van der Waals surface area (Å²) in [5.41, 5.74) is 5.40. The van der Waals surface area contributed by atoms with E-state index in [1.54, 1.807) is 0 Å². The minimum Gasteiger partial charge on any atom is -0.494 e. The molecule has 1 N–H and O–H groups in total. The highest BCUT2D eigenvalue weighted by Gasteiger charge is 2.28. The fourth-order valence-electron chi connectivity index (χ4n) is 4.61. The van der Waals surface area contributed by atoms with Crippen LogP contribution in [0.3, 0.4) is 0 Å². The van der Waals surface area contributed by atoms with Gasteiger partial charge in [-0.15, -0.1) is 0 Å². The van der Waals surface area contributed by atoms with Gasteiger partial charge in [0, 0.05) is 28.4 Å². The number of nitrogens with one attached hydrogen (secondary N) is 1. The number of aromatic nitrogens is 3. The van der Waals surface area contributed by atoms with Gasteiger partial charge in [-0.2, -0.15) is 0 Å². The molecule has 5 nitrogen and oxygen atoms in total. The lowest BCUT2D eigenvalue weighted by Gasteiger charge is -2.17. The molecule has 0 aliphatic heterocycles. The largest absolute Gasteiger partial charge is 0.494 e. The number of aromatic amines is 1. The molecule has 1 atom stereocenters. The summed E-state index contributed by atoms with van der Waals surface area (Å²) in [7, 11) is 0. The van der Waals surface area contributed by atoms with Gasteiger partial charge >= 0.3 is 0 Å². The lowest BCUT2D eigenvalue weighted by Crippen LogP contribution is -2.11. The zero-order valence-electron chi connectivity index (χ0n) is 20.3. The van der Waals surface area contributed by atoms with Crippen molar-refractivity contribution in [2.75, 3.05) is 6.61 Å². The summed E-state index contributed by atoms with van der Waals surface area (Å²) >= 11 is 1.48. The number of rotatable bonds is 8. The maximum atomic E-state index is 14.1. The molecule has 37 heavy (non-hydrogen) atoms. The van der Waals surface area contributed by atoms with E-state index in [1.165, 1.54) is 11.8 Å². The second-order valence-corrected chi connectivity index (χ2v) is 9.74. The molecule has 0 amide bonds. The fraction of sp³-hybridized carbons (Fsp3) is 0.0968. The van der Waals surface area contributed by atoms with Crippen LogP contribution >= 0.6 is 11.8 Å². The van der Waals surface area contributed by atoms with Crippen LogP contribution in [0.15, 0.2) is 114 Å². The number of fused-ring (bicyclic) bond motifs is 2. The number of ether oxygens (including phenoxy) is 1. The number of carbonyl (C=O) groups excluding carboxylic acids is 1. The maximum Gasteiger partial charge on any atom is 0.182 e. The number of hydrogen-bond acceptors (Lipinski definition) is 4. The Morgan fingerprint density at radius 1 is 0.919 bits per heavy atom. The highest BCUT2D eigenvalue weighted by atomic mass is 32.2. The second kappa shape index (κ2) is 9.99. The Morgan fingerprint density at radius 2 is 1.65 bits per heavy atom. The summed E-state index contributed by atoms with van der Waals surface area (Å²) < 4.78 is 7.77. The summed E-state index contributed by atoms with van der Waals surface area (Å²) in [6, 6.07) is 33.9. The topological polar surface area (TPSA) is 59.9 Å². The predicted octanol–water partition coefficient (Wildman–Crippen LogP) is 7.62. The standard InChI is InChI=1S/C31H25N3O2S/c1-2-36-23-18-16-22(17-19-23)34-28-15-9-8-14-27(28)33-31(34)37-30(21-10-4-3-5-11-21)29(35)25-20-32-26-13-7-6-12-24(25)26/h3-20,30,32H,2H2,1H3/t30-/m1/s1. The average molecular weight is 504 g/mol. The molecule has 0 saturated carbocycles. The van der Waals surface area contributed by atoms with Crippen LogP contribution in [0.2, 0.25) is 0 Å². The number of H-pyrrole nitrogens is 1. The third-order valence-electron chi connectivity index (χ3n) is 6.35. The minimum atomic E-state index is -0.473. The summed E-state index contributed by atoms with van der Waals surface area (Å²) in [6.07, 6.45) is 1.82. The quantitative estimate of drug-likeness (QED) is 0.171. The molecule has 4 aromatic carbocycles. The first-order chi connectivity index (χ1) is 18.2. The van der Waals surface area contributed by atoms with Crippen LogP contribution in [0.4, 0.5) is 0 Å². The van der Waals surface area contributed by atoms with Crippen molar-refractivity contribution in [1.29, 1.82) is 0 Å². The number of ketones is 1.